The molecule has 0 amide bonds. The Hall–Kier alpha value is -1.21. The summed E-state index contributed by atoms with van der Waals surface area (Å²) in [6.07, 6.45) is 4.11. The molecule has 27 heavy (non-hydrogen) atoms. The quantitative estimate of drug-likeness (QED) is 0.632. The van der Waals surface area contributed by atoms with Gasteiger partial charge in [-0.05, 0) is 71.0 Å². The summed E-state index contributed by atoms with van der Waals surface area (Å²) in [6, 6.07) is 23.2. The molecule has 1 aliphatic carbocycles. The molecular weight excluding hydrogens is 347 g/mol. The SMILES string of the molecule is C[C@@H](C1CCCC1P(c1ccccc1)c1ccccc1)N(C)CCN(C)C. The lowest BCUT2D eigenvalue weighted by molar-refractivity contribution is 0.178. The highest BCUT2D eigenvalue weighted by Crippen LogP contribution is 2.51. The van der Waals surface area contributed by atoms with Crippen LogP contribution < -0.4 is 10.6 Å². The average molecular weight is 383 g/mol. The van der Waals surface area contributed by atoms with Gasteiger partial charge in [0, 0.05) is 19.1 Å². The topological polar surface area (TPSA) is 6.48 Å². The summed E-state index contributed by atoms with van der Waals surface area (Å²) in [5, 5.41) is 3.08. The van der Waals surface area contributed by atoms with E-state index in [4.69, 9.17) is 0 Å². The lowest BCUT2D eigenvalue weighted by Gasteiger charge is -2.37. The van der Waals surface area contributed by atoms with Gasteiger partial charge in [0.15, 0.2) is 0 Å². The fourth-order valence-electron chi connectivity index (χ4n) is 4.45. The molecule has 2 aromatic carbocycles. The molecule has 0 heterocycles. The Morgan fingerprint density at radius 1 is 0.852 bits per heavy atom. The Morgan fingerprint density at radius 2 is 1.41 bits per heavy atom. The first-order chi connectivity index (χ1) is 13.1. The molecule has 3 atom stereocenters. The Labute approximate surface area is 167 Å². The second kappa shape index (κ2) is 9.82. The summed E-state index contributed by atoms with van der Waals surface area (Å²) in [7, 11) is 6.34. The van der Waals surface area contributed by atoms with Gasteiger partial charge in [0.25, 0.3) is 0 Å². The molecule has 2 aromatic rings. The van der Waals surface area contributed by atoms with Crippen molar-refractivity contribution in [2.75, 3.05) is 34.2 Å². The van der Waals surface area contributed by atoms with Crippen LogP contribution in [0.3, 0.4) is 0 Å². The van der Waals surface area contributed by atoms with E-state index < -0.39 is 0 Å². The van der Waals surface area contributed by atoms with E-state index in [9.17, 15) is 0 Å². The van der Waals surface area contributed by atoms with Gasteiger partial charge in [-0.25, -0.2) is 0 Å². The maximum atomic E-state index is 2.59. The lowest BCUT2D eigenvalue weighted by Crippen LogP contribution is -2.42. The zero-order chi connectivity index (χ0) is 19.2. The van der Waals surface area contributed by atoms with Gasteiger partial charge < -0.3 is 9.80 Å². The third-order valence-corrected chi connectivity index (χ3v) is 9.16. The van der Waals surface area contributed by atoms with Crippen molar-refractivity contribution in [1.29, 1.82) is 0 Å². The van der Waals surface area contributed by atoms with Crippen molar-refractivity contribution in [2.24, 2.45) is 5.92 Å². The third-order valence-electron chi connectivity index (χ3n) is 6.15. The Balaban J connectivity index is 1.85. The Kier molecular flexibility index (Phi) is 7.47. The maximum Gasteiger partial charge on any atom is 0.0109 e. The van der Waals surface area contributed by atoms with E-state index in [1.54, 1.807) is 10.6 Å². The minimum Gasteiger partial charge on any atom is -0.308 e. The molecule has 0 bridgehead atoms. The predicted molar refractivity (Wildman–Crippen MR) is 121 cm³/mol. The molecule has 3 heteroatoms. The fourth-order valence-corrected chi connectivity index (χ4v) is 7.72. The Morgan fingerprint density at radius 3 is 1.93 bits per heavy atom. The number of rotatable bonds is 8. The minimum atomic E-state index is -0.307. The van der Waals surface area contributed by atoms with Crippen molar-refractivity contribution in [1.82, 2.24) is 9.80 Å². The second-order valence-corrected chi connectivity index (χ2v) is 10.7. The standard InChI is InChI=1S/C24H35N2P/c1-20(26(4)19-18-25(2)3)23-16-11-17-24(23)27(21-12-7-5-8-13-21)22-14-9-6-10-15-22/h5-10,12-15,20,23-24H,11,16-19H2,1-4H3/t20-,23?,24?/m0/s1. The van der Waals surface area contributed by atoms with Crippen molar-refractivity contribution in [3.63, 3.8) is 0 Å². The van der Waals surface area contributed by atoms with Gasteiger partial charge in [-0.2, -0.15) is 0 Å². The molecule has 0 radical (unpaired) electrons. The first-order valence-corrected chi connectivity index (χ1v) is 11.7. The van der Waals surface area contributed by atoms with E-state index in [1.165, 1.54) is 19.3 Å². The Bertz CT molecular complexity index is 634. The second-order valence-electron chi connectivity index (χ2n) is 8.23. The molecule has 3 rings (SSSR count). The molecule has 1 saturated carbocycles. The largest absolute Gasteiger partial charge is 0.308 e. The molecule has 0 N–H and O–H groups in total. The van der Waals surface area contributed by atoms with Crippen molar-refractivity contribution in [3.8, 4) is 0 Å². The highest BCUT2D eigenvalue weighted by atomic mass is 31.1. The lowest BCUT2D eigenvalue weighted by atomic mass is 9.98. The van der Waals surface area contributed by atoms with Crippen LogP contribution in [0.2, 0.25) is 0 Å². The van der Waals surface area contributed by atoms with Crippen LogP contribution in [-0.2, 0) is 0 Å². The van der Waals surface area contributed by atoms with E-state index in [0.717, 1.165) is 24.7 Å². The van der Waals surface area contributed by atoms with Crippen LogP contribution in [0, 0.1) is 5.92 Å². The monoisotopic (exact) mass is 382 g/mol. The summed E-state index contributed by atoms with van der Waals surface area (Å²) in [4.78, 5) is 4.88. The van der Waals surface area contributed by atoms with Crippen LogP contribution in [0.4, 0.5) is 0 Å². The van der Waals surface area contributed by atoms with E-state index in [2.05, 4.69) is 98.5 Å². The first-order valence-electron chi connectivity index (χ1n) is 10.3. The van der Waals surface area contributed by atoms with Gasteiger partial charge in [-0.15, -0.1) is 0 Å². The number of hydrogen-bond donors (Lipinski definition) is 0. The normalized spacial score (nSPS) is 21.3. The van der Waals surface area contributed by atoms with Crippen LogP contribution in [0.5, 0.6) is 0 Å². The first kappa shape index (κ1) is 20.5. The van der Waals surface area contributed by atoms with E-state index in [1.807, 2.05) is 0 Å². The smallest absolute Gasteiger partial charge is 0.0109 e. The summed E-state index contributed by atoms with van der Waals surface area (Å²) in [5.74, 6) is 0.781. The van der Waals surface area contributed by atoms with Crippen molar-refractivity contribution in [2.45, 2.75) is 37.9 Å². The number of likely N-dealkylation sites (N-methyl/N-ethyl adjacent to an activating group) is 2. The molecule has 2 nitrogen and oxygen atoms in total. The maximum absolute atomic E-state index is 2.59. The van der Waals surface area contributed by atoms with Crippen LogP contribution in [0.15, 0.2) is 60.7 Å². The van der Waals surface area contributed by atoms with Gasteiger partial charge in [0.2, 0.25) is 0 Å². The highest BCUT2D eigenvalue weighted by molar-refractivity contribution is 7.73. The van der Waals surface area contributed by atoms with Crippen LogP contribution in [0.25, 0.3) is 0 Å². The number of benzene rings is 2. The zero-order valence-electron chi connectivity index (χ0n) is 17.4. The molecule has 2 unspecified atom stereocenters. The summed E-state index contributed by atoms with van der Waals surface area (Å²) in [5.41, 5.74) is 0.779. The molecule has 0 aliphatic heterocycles. The minimum absolute atomic E-state index is 0.307. The number of hydrogen-bond acceptors (Lipinski definition) is 2. The molecule has 0 saturated heterocycles. The molecule has 0 spiro atoms. The summed E-state index contributed by atoms with van der Waals surface area (Å²) < 4.78 is 0. The molecule has 146 valence electrons. The molecule has 0 aromatic heterocycles. The van der Waals surface area contributed by atoms with Gasteiger partial charge in [-0.3, -0.25) is 0 Å². The van der Waals surface area contributed by atoms with Crippen LogP contribution in [-0.4, -0.2) is 55.7 Å². The molecule has 1 aliphatic rings. The van der Waals surface area contributed by atoms with Gasteiger partial charge in [0.05, 0.1) is 0 Å². The average Bonchev–Trinajstić information content (AvgIpc) is 3.16. The van der Waals surface area contributed by atoms with Gasteiger partial charge in [0.1, 0.15) is 0 Å². The van der Waals surface area contributed by atoms with E-state index >= 15 is 0 Å². The third kappa shape index (κ3) is 5.19. The van der Waals surface area contributed by atoms with Crippen molar-refractivity contribution < 1.29 is 0 Å². The molecular formula is C24H35N2P. The van der Waals surface area contributed by atoms with Gasteiger partial charge >= 0.3 is 0 Å². The van der Waals surface area contributed by atoms with Crippen molar-refractivity contribution in [3.05, 3.63) is 60.7 Å². The number of nitrogens with zero attached hydrogens (tertiary/aromatic N) is 2. The van der Waals surface area contributed by atoms with Crippen molar-refractivity contribution >= 4 is 18.5 Å². The van der Waals surface area contributed by atoms with E-state index in [0.29, 0.717) is 6.04 Å². The van der Waals surface area contributed by atoms with Crippen LogP contribution >= 0.6 is 7.92 Å². The molecule has 1 fully saturated rings. The summed E-state index contributed by atoms with van der Waals surface area (Å²) in [6.45, 7) is 4.73. The zero-order valence-corrected chi connectivity index (χ0v) is 18.3. The summed E-state index contributed by atoms with van der Waals surface area (Å²) >= 11 is 0. The fraction of sp³-hybridized carbons (Fsp3) is 0.500. The van der Waals surface area contributed by atoms with E-state index in [-0.39, 0.29) is 7.92 Å². The van der Waals surface area contributed by atoms with Crippen LogP contribution in [0.1, 0.15) is 26.2 Å². The van der Waals surface area contributed by atoms with Gasteiger partial charge in [-0.1, -0.05) is 67.1 Å². The predicted octanol–water partition coefficient (Wildman–Crippen LogP) is 4.17. The highest BCUT2D eigenvalue weighted by Gasteiger charge is 2.38.